The summed E-state index contributed by atoms with van der Waals surface area (Å²) in [5.74, 6) is 0.847. The molecule has 0 aromatic rings. The maximum atomic E-state index is 5.86. The van der Waals surface area contributed by atoms with Gasteiger partial charge in [0.2, 0.25) is 0 Å². The molecule has 66 valence electrons. The van der Waals surface area contributed by atoms with Crippen LogP contribution in [0.2, 0.25) is 0 Å². The minimum Gasteiger partial charge on any atom is -0.135 e. The van der Waals surface area contributed by atoms with Crippen LogP contribution in [-0.4, -0.2) is 14.8 Å². The monoisotopic (exact) mass is 232 g/mol. The van der Waals surface area contributed by atoms with E-state index in [1.807, 2.05) is 19.1 Å². The number of allylic oxidation sites excluding steroid dienone is 1. The second-order valence-electron chi connectivity index (χ2n) is 2.17. The van der Waals surface area contributed by atoms with E-state index in [2.05, 4.69) is 0 Å². The van der Waals surface area contributed by atoms with Gasteiger partial charge in [-0.3, -0.25) is 0 Å². The van der Waals surface area contributed by atoms with E-state index in [9.17, 15) is 0 Å². The molecule has 11 heavy (non-hydrogen) atoms. The van der Waals surface area contributed by atoms with Crippen molar-refractivity contribution in [2.75, 3.05) is 5.75 Å². The van der Waals surface area contributed by atoms with Crippen LogP contribution in [0.25, 0.3) is 0 Å². The molecular formula is C7H11Cl3S. The normalized spacial score (nSPS) is 15.7. The Labute approximate surface area is 87.3 Å². The fraction of sp³-hybridized carbons (Fsp3) is 0.714. The largest absolute Gasteiger partial charge is 0.140 e. The summed E-state index contributed by atoms with van der Waals surface area (Å²) < 4.78 is -1.12. The van der Waals surface area contributed by atoms with Crippen LogP contribution >= 0.6 is 46.6 Å². The first-order valence-corrected chi connectivity index (χ1v) is 5.47. The lowest BCUT2D eigenvalue weighted by Crippen LogP contribution is -2.18. The number of rotatable bonds is 4. The van der Waals surface area contributed by atoms with Gasteiger partial charge in [0.1, 0.15) is 9.04 Å². The second kappa shape index (κ2) is 5.58. The molecule has 0 nitrogen and oxygen atoms in total. The summed E-state index contributed by atoms with van der Waals surface area (Å²) in [6.07, 6.45) is 3.98. The highest BCUT2D eigenvalue weighted by atomic mass is 35.5. The molecule has 1 unspecified atom stereocenters. The number of alkyl halides is 3. The van der Waals surface area contributed by atoms with Crippen LogP contribution in [0.3, 0.4) is 0 Å². The Morgan fingerprint density at radius 3 is 2.45 bits per heavy atom. The van der Waals surface area contributed by atoms with Crippen molar-refractivity contribution in [3.63, 3.8) is 0 Å². The molecule has 0 spiro atoms. The van der Waals surface area contributed by atoms with Crippen LogP contribution < -0.4 is 0 Å². The summed E-state index contributed by atoms with van der Waals surface area (Å²) in [6, 6.07) is 0. The van der Waals surface area contributed by atoms with Crippen molar-refractivity contribution in [1.82, 2.24) is 0 Å². The van der Waals surface area contributed by atoms with Gasteiger partial charge < -0.3 is 0 Å². The zero-order valence-electron chi connectivity index (χ0n) is 6.48. The Balaban J connectivity index is 3.61. The van der Waals surface area contributed by atoms with Gasteiger partial charge in [0.05, 0.1) is 0 Å². The Hall–Kier alpha value is 0.960. The highest BCUT2D eigenvalue weighted by Gasteiger charge is 2.27. The van der Waals surface area contributed by atoms with Crippen molar-refractivity contribution in [1.29, 1.82) is 0 Å². The lowest BCUT2D eigenvalue weighted by molar-refractivity contribution is 0.960. The average molecular weight is 234 g/mol. The predicted octanol–water partition coefficient (Wildman–Crippen LogP) is 4.05. The molecular weight excluding hydrogens is 223 g/mol. The van der Waals surface area contributed by atoms with E-state index in [4.69, 9.17) is 34.8 Å². The molecule has 0 fully saturated rings. The Morgan fingerprint density at radius 1 is 1.55 bits per heavy atom. The van der Waals surface area contributed by atoms with Crippen LogP contribution in [0.15, 0.2) is 12.2 Å². The Bertz CT molecular complexity index is 128. The van der Waals surface area contributed by atoms with Gasteiger partial charge in [0, 0.05) is 5.75 Å². The SMILES string of the molecule is C/C=C\CSC(Cl)C(C)(Cl)Cl. The summed E-state index contributed by atoms with van der Waals surface area (Å²) in [6.45, 7) is 3.65. The third kappa shape index (κ3) is 6.15. The lowest BCUT2D eigenvalue weighted by atomic mass is 10.5. The van der Waals surface area contributed by atoms with E-state index in [0.717, 1.165) is 5.75 Å². The smallest absolute Gasteiger partial charge is 0.135 e. The molecule has 0 aliphatic carbocycles. The average Bonchev–Trinajstić information content (AvgIpc) is 1.86. The fourth-order valence-electron chi connectivity index (χ4n) is 0.383. The van der Waals surface area contributed by atoms with Gasteiger partial charge >= 0.3 is 0 Å². The van der Waals surface area contributed by atoms with Gasteiger partial charge in [-0.1, -0.05) is 35.4 Å². The van der Waals surface area contributed by atoms with Crippen LogP contribution in [0.5, 0.6) is 0 Å². The molecule has 0 saturated carbocycles. The topological polar surface area (TPSA) is 0 Å². The van der Waals surface area contributed by atoms with Crippen molar-refractivity contribution in [2.24, 2.45) is 0 Å². The standard InChI is InChI=1S/C7H11Cl3S/c1-3-4-5-11-6(8)7(2,9)10/h3-4,6H,5H2,1-2H3/b4-3-. The van der Waals surface area contributed by atoms with Gasteiger partial charge in [-0.15, -0.1) is 23.4 Å². The van der Waals surface area contributed by atoms with Crippen LogP contribution in [0.4, 0.5) is 0 Å². The quantitative estimate of drug-likeness (QED) is 0.521. The second-order valence-corrected chi connectivity index (χ2v) is 5.77. The van der Waals surface area contributed by atoms with Gasteiger partial charge in [-0.05, 0) is 13.8 Å². The first-order chi connectivity index (χ1) is 4.98. The zero-order chi connectivity index (χ0) is 8.91. The summed E-state index contributed by atoms with van der Waals surface area (Å²) in [5, 5.41) is 0. The highest BCUT2D eigenvalue weighted by Crippen LogP contribution is 2.35. The molecule has 0 heterocycles. The van der Waals surface area contributed by atoms with E-state index in [1.165, 1.54) is 11.8 Å². The molecule has 4 heteroatoms. The number of thioether (sulfide) groups is 1. The van der Waals surface area contributed by atoms with Crippen molar-refractivity contribution >= 4 is 46.6 Å². The van der Waals surface area contributed by atoms with Crippen molar-refractivity contribution in [3.05, 3.63) is 12.2 Å². The summed E-state index contributed by atoms with van der Waals surface area (Å²) in [7, 11) is 0. The van der Waals surface area contributed by atoms with Crippen LogP contribution in [0.1, 0.15) is 13.8 Å². The third-order valence-electron chi connectivity index (χ3n) is 0.973. The zero-order valence-corrected chi connectivity index (χ0v) is 9.57. The molecule has 1 atom stereocenters. The van der Waals surface area contributed by atoms with E-state index >= 15 is 0 Å². The van der Waals surface area contributed by atoms with Crippen molar-refractivity contribution < 1.29 is 0 Å². The molecule has 0 bridgehead atoms. The molecule has 0 rings (SSSR count). The summed E-state index contributed by atoms with van der Waals surface area (Å²) in [5.41, 5.74) is 0. The molecule has 0 aromatic carbocycles. The molecule has 0 aliphatic rings. The van der Waals surface area contributed by atoms with E-state index < -0.39 is 4.33 Å². The molecule has 0 saturated heterocycles. The Morgan fingerprint density at radius 2 is 2.09 bits per heavy atom. The lowest BCUT2D eigenvalue weighted by Gasteiger charge is -2.18. The first-order valence-electron chi connectivity index (χ1n) is 3.23. The van der Waals surface area contributed by atoms with Gasteiger partial charge in [0.15, 0.2) is 0 Å². The van der Waals surface area contributed by atoms with Crippen LogP contribution in [0, 0.1) is 0 Å². The third-order valence-corrected chi connectivity index (χ3v) is 3.85. The fourth-order valence-corrected chi connectivity index (χ4v) is 1.74. The van der Waals surface area contributed by atoms with E-state index in [0.29, 0.717) is 0 Å². The van der Waals surface area contributed by atoms with E-state index in [-0.39, 0.29) is 4.71 Å². The Kier molecular flexibility index (Phi) is 6.07. The van der Waals surface area contributed by atoms with Gasteiger partial charge in [-0.25, -0.2) is 0 Å². The van der Waals surface area contributed by atoms with Gasteiger partial charge in [-0.2, -0.15) is 0 Å². The molecule has 0 radical (unpaired) electrons. The molecule has 0 N–H and O–H groups in total. The van der Waals surface area contributed by atoms with E-state index in [1.54, 1.807) is 6.92 Å². The minimum atomic E-state index is -0.853. The summed E-state index contributed by atoms with van der Waals surface area (Å²) in [4.78, 5) is 0. The number of hydrogen-bond donors (Lipinski definition) is 0. The molecule has 0 aromatic heterocycles. The minimum absolute atomic E-state index is 0.262. The van der Waals surface area contributed by atoms with Crippen LogP contribution in [-0.2, 0) is 0 Å². The molecule has 0 amide bonds. The highest BCUT2D eigenvalue weighted by molar-refractivity contribution is 8.01. The number of halogens is 3. The molecule has 0 aliphatic heterocycles. The van der Waals surface area contributed by atoms with Crippen molar-refractivity contribution in [3.8, 4) is 0 Å². The maximum Gasteiger partial charge on any atom is 0.140 e. The maximum absolute atomic E-state index is 5.86. The van der Waals surface area contributed by atoms with Crippen molar-refractivity contribution in [2.45, 2.75) is 22.9 Å². The first kappa shape index (κ1) is 12.0. The number of hydrogen-bond acceptors (Lipinski definition) is 1. The predicted molar refractivity (Wildman–Crippen MR) is 57.0 cm³/mol. The summed E-state index contributed by atoms with van der Waals surface area (Å²) >= 11 is 18.9. The van der Waals surface area contributed by atoms with Gasteiger partial charge in [0.25, 0.3) is 0 Å².